The lowest BCUT2D eigenvalue weighted by Gasteiger charge is -2.31. The van der Waals surface area contributed by atoms with Crippen molar-refractivity contribution in [3.63, 3.8) is 0 Å². The van der Waals surface area contributed by atoms with E-state index in [0.717, 1.165) is 23.8 Å². The standard InChI is InChI=1S/C18H22N4O3/c1-3-21-8-7-19-16(21)15-13(6-10-24-15)18(23)22-9-11-25-17-14(22)5-4-12(2)20-17/h4-5,7-8,13,15H,3,6,9-11H2,1-2H3/t13-,15-/m1/s1. The highest BCUT2D eigenvalue weighted by molar-refractivity contribution is 5.97. The van der Waals surface area contributed by atoms with Crippen LogP contribution in [0.3, 0.4) is 0 Å². The van der Waals surface area contributed by atoms with Gasteiger partial charge in [0.2, 0.25) is 11.8 Å². The summed E-state index contributed by atoms with van der Waals surface area (Å²) in [6.45, 7) is 6.33. The number of rotatable bonds is 3. The van der Waals surface area contributed by atoms with Gasteiger partial charge in [-0.05, 0) is 32.4 Å². The van der Waals surface area contributed by atoms with Crippen LogP contribution in [-0.4, -0.2) is 40.2 Å². The lowest BCUT2D eigenvalue weighted by molar-refractivity contribution is -0.124. The number of nitrogens with zero attached hydrogens (tertiary/aromatic N) is 4. The van der Waals surface area contributed by atoms with Crippen LogP contribution in [0.5, 0.6) is 5.88 Å². The molecule has 2 aromatic rings. The van der Waals surface area contributed by atoms with Gasteiger partial charge in [-0.3, -0.25) is 4.79 Å². The highest BCUT2D eigenvalue weighted by Crippen LogP contribution is 2.38. The first-order valence-corrected chi connectivity index (χ1v) is 8.73. The molecule has 0 radical (unpaired) electrons. The van der Waals surface area contributed by atoms with Crippen molar-refractivity contribution in [3.05, 3.63) is 36.0 Å². The van der Waals surface area contributed by atoms with Crippen LogP contribution in [-0.2, 0) is 16.1 Å². The minimum atomic E-state index is -0.299. The van der Waals surface area contributed by atoms with Gasteiger partial charge in [-0.25, -0.2) is 9.97 Å². The van der Waals surface area contributed by atoms with Crippen molar-refractivity contribution >= 4 is 11.6 Å². The molecular formula is C18H22N4O3. The Kier molecular flexibility index (Phi) is 4.17. The molecule has 1 amide bonds. The largest absolute Gasteiger partial charge is 0.474 e. The SMILES string of the molecule is CCn1ccnc1[C@@H]1OCC[C@H]1C(=O)N1CCOc2nc(C)ccc21. The molecular weight excluding hydrogens is 320 g/mol. The minimum absolute atomic E-state index is 0.0587. The van der Waals surface area contributed by atoms with Gasteiger partial charge < -0.3 is 18.9 Å². The number of carbonyl (C=O) groups excluding carboxylic acids is 1. The number of anilines is 1. The van der Waals surface area contributed by atoms with E-state index in [2.05, 4.69) is 16.9 Å². The Balaban J connectivity index is 1.63. The number of carbonyl (C=O) groups is 1. The van der Waals surface area contributed by atoms with Crippen molar-refractivity contribution < 1.29 is 14.3 Å². The molecule has 1 saturated heterocycles. The molecule has 25 heavy (non-hydrogen) atoms. The molecule has 0 aliphatic carbocycles. The van der Waals surface area contributed by atoms with Gasteiger partial charge in [-0.1, -0.05) is 0 Å². The summed E-state index contributed by atoms with van der Waals surface area (Å²) in [6.07, 6.45) is 4.09. The zero-order chi connectivity index (χ0) is 17.4. The van der Waals surface area contributed by atoms with Crippen LogP contribution in [0, 0.1) is 12.8 Å². The normalized spacial score (nSPS) is 22.6. The van der Waals surface area contributed by atoms with Gasteiger partial charge in [0.25, 0.3) is 0 Å². The maximum Gasteiger partial charge on any atom is 0.238 e. The fourth-order valence-electron chi connectivity index (χ4n) is 3.56. The van der Waals surface area contributed by atoms with Crippen LogP contribution >= 0.6 is 0 Å². The van der Waals surface area contributed by atoms with Crippen molar-refractivity contribution in [2.75, 3.05) is 24.7 Å². The zero-order valence-electron chi connectivity index (χ0n) is 14.5. The molecule has 0 spiro atoms. The predicted octanol–water partition coefficient (Wildman–Crippen LogP) is 2.11. The molecule has 0 unspecified atom stereocenters. The second-order valence-corrected chi connectivity index (χ2v) is 6.37. The van der Waals surface area contributed by atoms with Crippen molar-refractivity contribution in [1.82, 2.24) is 14.5 Å². The third kappa shape index (κ3) is 2.78. The van der Waals surface area contributed by atoms with E-state index in [4.69, 9.17) is 9.47 Å². The first kappa shape index (κ1) is 16.1. The van der Waals surface area contributed by atoms with Gasteiger partial charge in [0.15, 0.2) is 0 Å². The molecule has 7 heteroatoms. The smallest absolute Gasteiger partial charge is 0.238 e. The summed E-state index contributed by atoms with van der Waals surface area (Å²) in [5.41, 5.74) is 1.62. The fraction of sp³-hybridized carbons (Fsp3) is 0.500. The number of imidazole rings is 1. The molecule has 7 nitrogen and oxygen atoms in total. The fourth-order valence-corrected chi connectivity index (χ4v) is 3.56. The monoisotopic (exact) mass is 342 g/mol. The quantitative estimate of drug-likeness (QED) is 0.854. The molecule has 132 valence electrons. The zero-order valence-corrected chi connectivity index (χ0v) is 14.5. The molecule has 4 rings (SSSR count). The Morgan fingerprint density at radius 1 is 1.36 bits per heavy atom. The van der Waals surface area contributed by atoms with Crippen molar-refractivity contribution in [1.29, 1.82) is 0 Å². The van der Waals surface area contributed by atoms with E-state index in [0.29, 0.717) is 32.1 Å². The Hall–Kier alpha value is -2.41. The molecule has 2 atom stereocenters. The van der Waals surface area contributed by atoms with Crippen LogP contribution in [0.15, 0.2) is 24.5 Å². The number of hydrogen-bond donors (Lipinski definition) is 0. The summed E-state index contributed by atoms with van der Waals surface area (Å²) in [7, 11) is 0. The van der Waals surface area contributed by atoms with Crippen LogP contribution < -0.4 is 9.64 Å². The summed E-state index contributed by atoms with van der Waals surface area (Å²) in [6, 6.07) is 3.81. The Morgan fingerprint density at radius 3 is 3.08 bits per heavy atom. The number of pyridine rings is 1. The molecule has 2 aliphatic rings. The van der Waals surface area contributed by atoms with Crippen LogP contribution in [0.2, 0.25) is 0 Å². The highest BCUT2D eigenvalue weighted by atomic mass is 16.5. The lowest BCUT2D eigenvalue weighted by Crippen LogP contribution is -2.42. The number of fused-ring (bicyclic) bond motifs is 1. The van der Waals surface area contributed by atoms with Crippen molar-refractivity contribution in [3.8, 4) is 5.88 Å². The number of aryl methyl sites for hydroxylation is 2. The summed E-state index contributed by atoms with van der Waals surface area (Å²) in [4.78, 5) is 23.9. The molecule has 4 heterocycles. The van der Waals surface area contributed by atoms with E-state index in [1.807, 2.05) is 29.8 Å². The van der Waals surface area contributed by atoms with E-state index >= 15 is 0 Å². The number of amides is 1. The number of aromatic nitrogens is 3. The van der Waals surface area contributed by atoms with Crippen molar-refractivity contribution in [2.24, 2.45) is 5.92 Å². The summed E-state index contributed by atoms with van der Waals surface area (Å²) >= 11 is 0. The molecule has 2 aliphatic heterocycles. The van der Waals surface area contributed by atoms with Crippen LogP contribution in [0.25, 0.3) is 0 Å². The first-order chi connectivity index (χ1) is 12.2. The Bertz CT molecular complexity index is 788. The van der Waals surface area contributed by atoms with Gasteiger partial charge in [-0.15, -0.1) is 0 Å². The first-order valence-electron chi connectivity index (χ1n) is 8.73. The van der Waals surface area contributed by atoms with Crippen LogP contribution in [0.4, 0.5) is 5.69 Å². The Labute approximate surface area is 146 Å². The summed E-state index contributed by atoms with van der Waals surface area (Å²) in [5, 5.41) is 0. The lowest BCUT2D eigenvalue weighted by atomic mass is 9.98. The van der Waals surface area contributed by atoms with Gasteiger partial charge in [-0.2, -0.15) is 0 Å². The number of hydrogen-bond acceptors (Lipinski definition) is 5. The average Bonchev–Trinajstić information content (AvgIpc) is 3.28. The maximum absolute atomic E-state index is 13.3. The minimum Gasteiger partial charge on any atom is -0.474 e. The van der Waals surface area contributed by atoms with E-state index in [1.165, 1.54) is 0 Å². The molecule has 0 aromatic carbocycles. The van der Waals surface area contributed by atoms with Crippen molar-refractivity contribution in [2.45, 2.75) is 32.9 Å². The van der Waals surface area contributed by atoms with E-state index in [-0.39, 0.29) is 17.9 Å². The van der Waals surface area contributed by atoms with E-state index in [9.17, 15) is 4.79 Å². The number of ether oxygens (including phenoxy) is 2. The topological polar surface area (TPSA) is 69.5 Å². The maximum atomic E-state index is 13.3. The second-order valence-electron chi connectivity index (χ2n) is 6.37. The summed E-state index contributed by atoms with van der Waals surface area (Å²) < 4.78 is 13.6. The van der Waals surface area contributed by atoms with Gasteiger partial charge in [0, 0.05) is 31.2 Å². The molecule has 0 bridgehead atoms. The summed E-state index contributed by atoms with van der Waals surface area (Å²) in [5.74, 6) is 1.18. The molecule has 1 fully saturated rings. The Morgan fingerprint density at radius 2 is 2.24 bits per heavy atom. The van der Waals surface area contributed by atoms with Crippen LogP contribution in [0.1, 0.15) is 31.0 Å². The van der Waals surface area contributed by atoms with Gasteiger partial charge in [0.1, 0.15) is 24.2 Å². The van der Waals surface area contributed by atoms with Gasteiger partial charge in [0.05, 0.1) is 12.5 Å². The molecule has 2 aromatic heterocycles. The average molecular weight is 342 g/mol. The predicted molar refractivity (Wildman–Crippen MR) is 91.5 cm³/mol. The molecule has 0 N–H and O–H groups in total. The second kappa shape index (κ2) is 6.48. The van der Waals surface area contributed by atoms with E-state index < -0.39 is 0 Å². The van der Waals surface area contributed by atoms with Gasteiger partial charge >= 0.3 is 0 Å². The third-order valence-electron chi connectivity index (χ3n) is 4.84. The third-order valence-corrected chi connectivity index (χ3v) is 4.84. The highest BCUT2D eigenvalue weighted by Gasteiger charge is 2.41. The van der Waals surface area contributed by atoms with E-state index in [1.54, 1.807) is 11.1 Å². The molecule has 0 saturated carbocycles.